The number of nitrogens with one attached hydrogen (secondary N) is 2. The summed E-state index contributed by atoms with van der Waals surface area (Å²) in [7, 11) is 1.78. The van der Waals surface area contributed by atoms with Crippen molar-refractivity contribution in [2.75, 3.05) is 25.5 Å². The quantitative estimate of drug-likeness (QED) is 0.885. The molecule has 7 heteroatoms. The molecule has 1 aromatic carbocycles. The Hall–Kier alpha value is -2.57. The summed E-state index contributed by atoms with van der Waals surface area (Å²) in [6.45, 7) is 1.36. The lowest BCUT2D eigenvalue weighted by Gasteiger charge is -2.25. The minimum atomic E-state index is -0.168. The van der Waals surface area contributed by atoms with Crippen molar-refractivity contribution < 1.29 is 9.59 Å². The van der Waals surface area contributed by atoms with Crippen LogP contribution in [0.4, 0.5) is 10.5 Å². The summed E-state index contributed by atoms with van der Waals surface area (Å²) in [6, 6.07) is 5.94. The molecule has 2 aliphatic rings. The van der Waals surface area contributed by atoms with Crippen molar-refractivity contribution in [1.29, 1.82) is 0 Å². The van der Waals surface area contributed by atoms with E-state index in [2.05, 4.69) is 20.4 Å². The fraction of sp³-hybridized carbons (Fsp3) is 0.526. The van der Waals surface area contributed by atoms with Gasteiger partial charge in [-0.1, -0.05) is 25.0 Å². The first-order valence-corrected chi connectivity index (χ1v) is 9.35. The van der Waals surface area contributed by atoms with Gasteiger partial charge in [0, 0.05) is 43.9 Å². The Morgan fingerprint density at radius 1 is 1.38 bits per heavy atom. The van der Waals surface area contributed by atoms with Crippen LogP contribution in [-0.4, -0.2) is 58.1 Å². The summed E-state index contributed by atoms with van der Waals surface area (Å²) in [4.78, 5) is 28.6. The Morgan fingerprint density at radius 3 is 3.00 bits per heavy atom. The molecule has 1 saturated carbocycles. The van der Waals surface area contributed by atoms with Gasteiger partial charge in [0.2, 0.25) is 5.91 Å². The van der Waals surface area contributed by atoms with Crippen LogP contribution < -0.4 is 5.32 Å². The predicted octanol–water partition coefficient (Wildman–Crippen LogP) is 2.82. The maximum Gasteiger partial charge on any atom is 0.321 e. The van der Waals surface area contributed by atoms with E-state index in [0.717, 1.165) is 30.3 Å². The van der Waals surface area contributed by atoms with Crippen LogP contribution >= 0.6 is 0 Å². The highest BCUT2D eigenvalue weighted by molar-refractivity contribution is 5.99. The van der Waals surface area contributed by atoms with E-state index in [4.69, 9.17) is 0 Å². The number of carbonyl (C=O) groups excluding carboxylic acids is 2. The van der Waals surface area contributed by atoms with Crippen LogP contribution in [0.2, 0.25) is 0 Å². The largest absolute Gasteiger partial charge is 0.339 e. The average Bonchev–Trinajstić information content (AvgIpc) is 3.35. The molecule has 1 saturated heterocycles. The van der Waals surface area contributed by atoms with Crippen molar-refractivity contribution in [3.63, 3.8) is 0 Å². The molecule has 0 bridgehead atoms. The van der Waals surface area contributed by atoms with Crippen LogP contribution in [0.25, 0.3) is 10.9 Å². The molecule has 1 aliphatic heterocycles. The van der Waals surface area contributed by atoms with Gasteiger partial charge < -0.3 is 15.1 Å². The summed E-state index contributed by atoms with van der Waals surface area (Å²) in [6.07, 6.45) is 6.98. The number of aromatic amines is 1. The second-order valence-electron chi connectivity index (χ2n) is 7.51. The van der Waals surface area contributed by atoms with Crippen LogP contribution in [0.15, 0.2) is 24.4 Å². The maximum atomic E-state index is 12.6. The molecule has 26 heavy (non-hydrogen) atoms. The molecule has 1 aliphatic carbocycles. The van der Waals surface area contributed by atoms with E-state index in [1.165, 1.54) is 12.8 Å². The number of amides is 3. The van der Waals surface area contributed by atoms with Gasteiger partial charge in [-0.3, -0.25) is 9.89 Å². The Bertz CT molecular complexity index is 811. The minimum Gasteiger partial charge on any atom is -0.339 e. The van der Waals surface area contributed by atoms with Gasteiger partial charge in [0.05, 0.1) is 17.4 Å². The van der Waals surface area contributed by atoms with E-state index in [1.54, 1.807) is 18.1 Å². The molecule has 1 unspecified atom stereocenters. The van der Waals surface area contributed by atoms with Crippen molar-refractivity contribution in [3.05, 3.63) is 24.4 Å². The molecule has 0 radical (unpaired) electrons. The molecule has 138 valence electrons. The van der Waals surface area contributed by atoms with E-state index in [1.807, 2.05) is 18.2 Å². The lowest BCUT2D eigenvalue weighted by molar-refractivity contribution is -0.129. The van der Waals surface area contributed by atoms with Gasteiger partial charge in [-0.05, 0) is 18.9 Å². The highest BCUT2D eigenvalue weighted by Gasteiger charge is 2.36. The summed E-state index contributed by atoms with van der Waals surface area (Å²) < 4.78 is 0. The van der Waals surface area contributed by atoms with Crippen LogP contribution in [0, 0.1) is 5.92 Å². The molecule has 2 aromatic rings. The van der Waals surface area contributed by atoms with Gasteiger partial charge in [0.25, 0.3) is 0 Å². The number of carbonyl (C=O) groups is 2. The molecule has 4 rings (SSSR count). The molecule has 1 atom stereocenters. The van der Waals surface area contributed by atoms with Crippen LogP contribution in [0.1, 0.15) is 32.1 Å². The van der Waals surface area contributed by atoms with E-state index in [0.29, 0.717) is 24.7 Å². The van der Waals surface area contributed by atoms with Gasteiger partial charge in [-0.25, -0.2) is 4.79 Å². The van der Waals surface area contributed by atoms with Gasteiger partial charge >= 0.3 is 6.03 Å². The number of urea groups is 1. The maximum absolute atomic E-state index is 12.6. The average molecular weight is 355 g/mol. The molecule has 1 aromatic heterocycles. The van der Waals surface area contributed by atoms with E-state index in [-0.39, 0.29) is 17.9 Å². The predicted molar refractivity (Wildman–Crippen MR) is 99.8 cm³/mol. The summed E-state index contributed by atoms with van der Waals surface area (Å²) >= 11 is 0. The van der Waals surface area contributed by atoms with Crippen molar-refractivity contribution in [2.24, 2.45) is 5.92 Å². The zero-order chi connectivity index (χ0) is 18.1. The minimum absolute atomic E-state index is 0.168. The fourth-order valence-corrected chi connectivity index (χ4v) is 4.25. The highest BCUT2D eigenvalue weighted by Crippen LogP contribution is 2.29. The first kappa shape index (κ1) is 16.9. The number of hydrogen-bond acceptors (Lipinski definition) is 3. The molecular formula is C19H25N5O2. The number of nitrogens with zero attached hydrogens (tertiary/aromatic N) is 3. The third-order valence-corrected chi connectivity index (χ3v) is 5.60. The molecule has 2 fully saturated rings. The molecule has 0 spiro atoms. The van der Waals surface area contributed by atoms with Crippen molar-refractivity contribution in [3.8, 4) is 0 Å². The number of likely N-dealkylation sites (tertiary alicyclic amines) is 1. The SMILES string of the molecule is CN(CC1CC(=O)N(C2CCCC2)C1)C(=O)Nc1cccc2cn[nH]c12. The normalized spacial score (nSPS) is 20.9. The van der Waals surface area contributed by atoms with Gasteiger partial charge in [0.15, 0.2) is 0 Å². The number of fused-ring (bicyclic) bond motifs is 1. The third kappa shape index (κ3) is 3.25. The van der Waals surface area contributed by atoms with Gasteiger partial charge in [0.1, 0.15) is 0 Å². The van der Waals surface area contributed by atoms with Crippen molar-refractivity contribution >= 4 is 28.5 Å². The number of aromatic nitrogens is 2. The van der Waals surface area contributed by atoms with E-state index >= 15 is 0 Å². The van der Waals surface area contributed by atoms with Gasteiger partial charge in [-0.15, -0.1) is 0 Å². The highest BCUT2D eigenvalue weighted by atomic mass is 16.2. The Kier molecular flexibility index (Phi) is 4.53. The van der Waals surface area contributed by atoms with Crippen LogP contribution in [-0.2, 0) is 4.79 Å². The second kappa shape index (κ2) is 6.97. The first-order chi connectivity index (χ1) is 12.6. The number of rotatable bonds is 4. The smallest absolute Gasteiger partial charge is 0.321 e. The number of anilines is 1. The summed E-state index contributed by atoms with van der Waals surface area (Å²) in [5.74, 6) is 0.458. The van der Waals surface area contributed by atoms with Crippen LogP contribution in [0.5, 0.6) is 0 Å². The molecule has 3 amide bonds. The Morgan fingerprint density at radius 2 is 2.19 bits per heavy atom. The molecule has 2 N–H and O–H groups in total. The second-order valence-corrected chi connectivity index (χ2v) is 7.51. The van der Waals surface area contributed by atoms with Crippen molar-refractivity contribution in [1.82, 2.24) is 20.0 Å². The first-order valence-electron chi connectivity index (χ1n) is 9.35. The molecule has 7 nitrogen and oxygen atoms in total. The number of H-pyrrole nitrogens is 1. The standard InChI is InChI=1S/C19H25N5O2/c1-23(11-13-9-17(25)24(12-13)15-6-2-3-7-15)19(26)21-16-8-4-5-14-10-20-22-18(14)16/h4-5,8,10,13,15H,2-3,6-7,9,11-12H2,1H3,(H,20,22)(H,21,26). The molecule has 2 heterocycles. The van der Waals surface area contributed by atoms with Crippen molar-refractivity contribution in [2.45, 2.75) is 38.1 Å². The lowest BCUT2D eigenvalue weighted by Crippen LogP contribution is -2.37. The van der Waals surface area contributed by atoms with Gasteiger partial charge in [-0.2, -0.15) is 5.10 Å². The zero-order valence-electron chi connectivity index (χ0n) is 15.1. The van der Waals surface area contributed by atoms with Crippen LogP contribution in [0.3, 0.4) is 0 Å². The number of hydrogen-bond donors (Lipinski definition) is 2. The third-order valence-electron chi connectivity index (χ3n) is 5.60. The number of benzene rings is 1. The Labute approximate surface area is 152 Å². The Balaban J connectivity index is 1.36. The summed E-state index contributed by atoms with van der Waals surface area (Å²) in [5, 5.41) is 10.8. The monoisotopic (exact) mass is 355 g/mol. The zero-order valence-corrected chi connectivity index (χ0v) is 15.1. The lowest BCUT2D eigenvalue weighted by atomic mass is 10.1. The molecular weight excluding hydrogens is 330 g/mol. The fourth-order valence-electron chi connectivity index (χ4n) is 4.25. The summed E-state index contributed by atoms with van der Waals surface area (Å²) in [5.41, 5.74) is 1.53. The van der Waals surface area contributed by atoms with E-state index < -0.39 is 0 Å². The number of para-hydroxylation sites is 1. The van der Waals surface area contributed by atoms with E-state index in [9.17, 15) is 9.59 Å². The topological polar surface area (TPSA) is 81.3 Å².